The molecule has 0 atom stereocenters. The highest BCUT2D eigenvalue weighted by Gasteiger charge is 2.19. The third kappa shape index (κ3) is 4.53. The molecule has 0 amide bonds. The van der Waals surface area contributed by atoms with Gasteiger partial charge >= 0.3 is 0 Å². The molecule has 0 aliphatic rings. The Morgan fingerprint density at radius 2 is 0.878 bits per heavy atom. The normalized spacial score (nSPS) is 11.7. The number of aromatic nitrogens is 3. The van der Waals surface area contributed by atoms with Crippen molar-refractivity contribution in [3.05, 3.63) is 164 Å². The predicted octanol–water partition coefficient (Wildman–Crippen LogP) is 12.4. The topological polar surface area (TPSA) is 38.7 Å². The highest BCUT2D eigenvalue weighted by molar-refractivity contribution is 7.27. The molecule has 7 aromatic carbocycles. The summed E-state index contributed by atoms with van der Waals surface area (Å²) in [5.41, 5.74) is 7.97. The van der Waals surface area contributed by atoms with Gasteiger partial charge in [-0.2, -0.15) is 0 Å². The number of benzene rings is 7. The van der Waals surface area contributed by atoms with Crippen LogP contribution in [0.2, 0.25) is 0 Å². The van der Waals surface area contributed by atoms with E-state index in [0.29, 0.717) is 5.82 Å². The Kier molecular flexibility index (Phi) is 6.36. The molecule has 0 fully saturated rings. The smallest absolute Gasteiger partial charge is 0.160 e. The Morgan fingerprint density at radius 3 is 1.57 bits per heavy atom. The largest absolute Gasteiger partial charge is 0.246 e. The number of pyridine rings is 1. The molecule has 0 aliphatic heterocycles. The van der Waals surface area contributed by atoms with Gasteiger partial charge in [-0.25, -0.2) is 15.0 Å². The first kappa shape index (κ1) is 27.8. The number of rotatable bonds is 4. The molecular weight excluding hydrogens is 615 g/mol. The standard InChI is InChI=1S/C45H27N3S/c1-3-13-28(14-4-1)37-27-38(47-45(46-37)31-15-5-2-6-16-31)29-23-25-30(26-24-29)42-34-19-9-8-18-33(34)41-43(48-42)35-20-10-7-17-32(35)40-36-21-11-12-22-39(36)49-44(40)41/h1-27H. The summed E-state index contributed by atoms with van der Waals surface area (Å²) in [6.45, 7) is 0. The molecule has 10 rings (SSSR count). The predicted molar refractivity (Wildman–Crippen MR) is 207 cm³/mol. The average molecular weight is 642 g/mol. The van der Waals surface area contributed by atoms with Gasteiger partial charge in [0.15, 0.2) is 5.82 Å². The second kappa shape index (κ2) is 11.2. The summed E-state index contributed by atoms with van der Waals surface area (Å²) >= 11 is 1.87. The molecule has 49 heavy (non-hydrogen) atoms. The fraction of sp³-hybridized carbons (Fsp3) is 0. The quantitative estimate of drug-likeness (QED) is 0.180. The van der Waals surface area contributed by atoms with Crippen molar-refractivity contribution >= 4 is 64.0 Å². The summed E-state index contributed by atoms with van der Waals surface area (Å²) in [7, 11) is 0. The van der Waals surface area contributed by atoms with Crippen LogP contribution in [0.5, 0.6) is 0 Å². The number of thiophene rings is 1. The zero-order valence-electron chi connectivity index (χ0n) is 26.3. The van der Waals surface area contributed by atoms with Crippen LogP contribution < -0.4 is 0 Å². The van der Waals surface area contributed by atoms with Crippen molar-refractivity contribution < 1.29 is 0 Å². The average Bonchev–Trinajstić information content (AvgIpc) is 3.58. The van der Waals surface area contributed by atoms with Crippen molar-refractivity contribution in [2.45, 2.75) is 0 Å². The fourth-order valence-electron chi connectivity index (χ4n) is 7.17. The van der Waals surface area contributed by atoms with E-state index in [1.807, 2.05) is 47.7 Å². The molecule has 0 radical (unpaired) electrons. The molecule has 3 heterocycles. The van der Waals surface area contributed by atoms with E-state index in [1.54, 1.807) is 0 Å². The number of nitrogens with zero attached hydrogens (tertiary/aromatic N) is 3. The van der Waals surface area contributed by atoms with Crippen molar-refractivity contribution in [1.82, 2.24) is 15.0 Å². The summed E-state index contributed by atoms with van der Waals surface area (Å²) in [4.78, 5) is 15.5. The maximum absolute atomic E-state index is 5.51. The van der Waals surface area contributed by atoms with Gasteiger partial charge in [0, 0.05) is 58.6 Å². The molecule has 3 aromatic heterocycles. The minimum Gasteiger partial charge on any atom is -0.246 e. The number of hydrogen-bond acceptors (Lipinski definition) is 4. The lowest BCUT2D eigenvalue weighted by Crippen LogP contribution is -1.96. The van der Waals surface area contributed by atoms with Crippen LogP contribution in [0.3, 0.4) is 0 Å². The first-order chi connectivity index (χ1) is 24.3. The lowest BCUT2D eigenvalue weighted by molar-refractivity contribution is 1.18. The Morgan fingerprint density at radius 1 is 0.367 bits per heavy atom. The van der Waals surface area contributed by atoms with E-state index in [1.165, 1.54) is 41.7 Å². The third-order valence-electron chi connectivity index (χ3n) is 9.47. The van der Waals surface area contributed by atoms with Gasteiger partial charge < -0.3 is 0 Å². The van der Waals surface area contributed by atoms with Crippen LogP contribution in [0.4, 0.5) is 0 Å². The molecule has 0 saturated heterocycles. The Hall–Kier alpha value is -6.23. The zero-order chi connectivity index (χ0) is 32.3. The highest BCUT2D eigenvalue weighted by atomic mass is 32.1. The van der Waals surface area contributed by atoms with Crippen molar-refractivity contribution in [3.63, 3.8) is 0 Å². The minimum absolute atomic E-state index is 0.711. The van der Waals surface area contributed by atoms with Gasteiger partial charge in [-0.1, -0.05) is 152 Å². The van der Waals surface area contributed by atoms with Crippen LogP contribution >= 0.6 is 11.3 Å². The maximum Gasteiger partial charge on any atom is 0.160 e. The van der Waals surface area contributed by atoms with Gasteiger partial charge in [0.1, 0.15) is 0 Å². The molecule has 0 unspecified atom stereocenters. The maximum atomic E-state index is 5.51. The Bertz CT molecular complexity index is 2800. The molecule has 10 aromatic rings. The number of fused-ring (bicyclic) bond motifs is 10. The molecule has 228 valence electrons. The van der Waals surface area contributed by atoms with Gasteiger partial charge in [0.25, 0.3) is 0 Å². The van der Waals surface area contributed by atoms with E-state index in [9.17, 15) is 0 Å². The van der Waals surface area contributed by atoms with E-state index in [0.717, 1.165) is 50.2 Å². The monoisotopic (exact) mass is 641 g/mol. The van der Waals surface area contributed by atoms with E-state index >= 15 is 0 Å². The molecule has 0 bridgehead atoms. The van der Waals surface area contributed by atoms with Crippen LogP contribution in [0.1, 0.15) is 0 Å². The van der Waals surface area contributed by atoms with Gasteiger partial charge in [0.2, 0.25) is 0 Å². The first-order valence-electron chi connectivity index (χ1n) is 16.5. The lowest BCUT2D eigenvalue weighted by atomic mass is 9.94. The van der Waals surface area contributed by atoms with Crippen molar-refractivity contribution in [2.75, 3.05) is 0 Å². The van der Waals surface area contributed by atoms with E-state index in [2.05, 4.69) is 127 Å². The molecule has 0 saturated carbocycles. The Labute approximate surface area is 286 Å². The van der Waals surface area contributed by atoms with Crippen molar-refractivity contribution in [3.8, 4) is 45.2 Å². The van der Waals surface area contributed by atoms with E-state index < -0.39 is 0 Å². The molecule has 0 N–H and O–H groups in total. The molecule has 3 nitrogen and oxygen atoms in total. The van der Waals surface area contributed by atoms with Gasteiger partial charge in [-0.05, 0) is 22.9 Å². The second-order valence-electron chi connectivity index (χ2n) is 12.3. The minimum atomic E-state index is 0.711. The summed E-state index contributed by atoms with van der Waals surface area (Å²) < 4.78 is 2.60. The SMILES string of the molecule is c1ccc(-c2cc(-c3ccc(-c4nc5c6ccccc6c6c7ccccc7sc6c5c5ccccc45)cc3)nc(-c3ccccc3)n2)cc1. The van der Waals surface area contributed by atoms with Crippen LogP contribution in [-0.2, 0) is 0 Å². The number of hydrogen-bond donors (Lipinski definition) is 0. The summed E-state index contributed by atoms with van der Waals surface area (Å²) in [5.74, 6) is 0.711. The van der Waals surface area contributed by atoms with Crippen LogP contribution in [0, 0.1) is 0 Å². The van der Waals surface area contributed by atoms with Gasteiger partial charge in [-0.15, -0.1) is 11.3 Å². The molecular formula is C45H27N3S. The van der Waals surface area contributed by atoms with Gasteiger partial charge in [0.05, 0.1) is 22.6 Å². The summed E-state index contributed by atoms with van der Waals surface area (Å²) in [6.07, 6.45) is 0. The van der Waals surface area contributed by atoms with Crippen LogP contribution in [0.25, 0.3) is 97.8 Å². The van der Waals surface area contributed by atoms with E-state index in [-0.39, 0.29) is 0 Å². The lowest BCUT2D eigenvalue weighted by Gasteiger charge is -2.14. The first-order valence-corrected chi connectivity index (χ1v) is 17.3. The molecule has 0 spiro atoms. The van der Waals surface area contributed by atoms with Crippen molar-refractivity contribution in [2.24, 2.45) is 0 Å². The Balaban J connectivity index is 1.18. The second-order valence-corrected chi connectivity index (χ2v) is 13.4. The molecule has 0 aliphatic carbocycles. The van der Waals surface area contributed by atoms with Crippen molar-refractivity contribution in [1.29, 1.82) is 0 Å². The van der Waals surface area contributed by atoms with Crippen LogP contribution in [0.15, 0.2) is 164 Å². The van der Waals surface area contributed by atoms with Gasteiger partial charge in [-0.3, -0.25) is 0 Å². The third-order valence-corrected chi connectivity index (χ3v) is 10.7. The highest BCUT2D eigenvalue weighted by Crippen LogP contribution is 2.46. The fourth-order valence-corrected chi connectivity index (χ4v) is 8.45. The van der Waals surface area contributed by atoms with E-state index in [4.69, 9.17) is 15.0 Å². The summed E-state index contributed by atoms with van der Waals surface area (Å²) in [5, 5.41) is 8.66. The summed E-state index contributed by atoms with van der Waals surface area (Å²) in [6, 6.07) is 57.5. The zero-order valence-corrected chi connectivity index (χ0v) is 27.2. The van der Waals surface area contributed by atoms with Crippen LogP contribution in [-0.4, -0.2) is 15.0 Å². The molecule has 4 heteroatoms.